The van der Waals surface area contributed by atoms with Crippen molar-refractivity contribution >= 4 is 11.8 Å². The van der Waals surface area contributed by atoms with Gasteiger partial charge in [-0.05, 0) is 49.4 Å². The average Bonchev–Trinajstić information content (AvgIpc) is 3.60. The number of carbonyl (C=O) groups excluding carboxylic acids is 2. The molecule has 0 radical (unpaired) electrons. The molecule has 11 heteroatoms. The van der Waals surface area contributed by atoms with Gasteiger partial charge < -0.3 is 44.5 Å². The average molecular weight is 647 g/mol. The van der Waals surface area contributed by atoms with Crippen LogP contribution in [0, 0.1) is 5.92 Å². The predicted molar refractivity (Wildman–Crippen MR) is 171 cm³/mol. The number of fused-ring (bicyclic) bond motifs is 4. The molecule has 2 bridgehead atoms. The summed E-state index contributed by atoms with van der Waals surface area (Å²) in [7, 11) is 4.48. The first-order chi connectivity index (χ1) is 22.5. The monoisotopic (exact) mass is 646 g/mol. The number of nitrogens with zero attached hydrogens (tertiary/aromatic N) is 1. The molecule has 3 aromatic carbocycles. The maximum Gasteiger partial charge on any atom is 0.253 e. The molecule has 11 nitrogen and oxygen atoms in total. The molecule has 1 saturated carbocycles. The fraction of sp³-hybridized carbons (Fsp3) is 0.444. The van der Waals surface area contributed by atoms with Crippen LogP contribution in [0.5, 0.6) is 23.0 Å². The third-order valence-electron chi connectivity index (χ3n) is 10.2. The second-order valence-corrected chi connectivity index (χ2v) is 12.7. The minimum Gasteiger partial charge on any atom is -0.497 e. The summed E-state index contributed by atoms with van der Waals surface area (Å²) in [6.45, 7) is 3.43. The van der Waals surface area contributed by atoms with Crippen molar-refractivity contribution < 1.29 is 43.9 Å². The van der Waals surface area contributed by atoms with Crippen molar-refractivity contribution in [2.24, 2.45) is 5.92 Å². The van der Waals surface area contributed by atoms with E-state index in [0.29, 0.717) is 42.0 Å². The quantitative estimate of drug-likeness (QED) is 0.275. The highest BCUT2D eigenvalue weighted by Crippen LogP contribution is 2.68. The third-order valence-corrected chi connectivity index (χ3v) is 10.2. The Labute approximate surface area is 274 Å². The summed E-state index contributed by atoms with van der Waals surface area (Å²) in [6.07, 6.45) is -1.16. The van der Waals surface area contributed by atoms with Crippen LogP contribution in [0.4, 0.5) is 0 Å². The van der Waals surface area contributed by atoms with Crippen molar-refractivity contribution in [3.05, 3.63) is 83.4 Å². The van der Waals surface area contributed by atoms with Crippen LogP contribution in [0.25, 0.3) is 0 Å². The number of aliphatic hydroxyl groups is 3. The SMILES string of the molecule is CCC(C)(O)C(=O)NC1CCCN1C(=O)C1C(c2ccccc2)C2(c3ccc(OC)cc3)Oc3cc(OC)cc(OC)c3C1(O)C2O. The van der Waals surface area contributed by atoms with Gasteiger partial charge in [0.1, 0.15) is 46.5 Å². The zero-order chi connectivity index (χ0) is 33.7. The summed E-state index contributed by atoms with van der Waals surface area (Å²) >= 11 is 0. The number of amides is 2. The van der Waals surface area contributed by atoms with E-state index in [1.54, 1.807) is 50.4 Å². The molecule has 7 atom stereocenters. The largest absolute Gasteiger partial charge is 0.497 e. The Morgan fingerprint density at radius 2 is 1.70 bits per heavy atom. The Balaban J connectivity index is 1.59. The fourth-order valence-electron chi connectivity index (χ4n) is 7.59. The van der Waals surface area contributed by atoms with E-state index in [0.717, 1.165) is 0 Å². The van der Waals surface area contributed by atoms with Crippen LogP contribution < -0.4 is 24.3 Å². The van der Waals surface area contributed by atoms with Crippen molar-refractivity contribution in [2.75, 3.05) is 27.9 Å². The van der Waals surface area contributed by atoms with E-state index in [-0.39, 0.29) is 23.5 Å². The van der Waals surface area contributed by atoms with Gasteiger partial charge in [0.25, 0.3) is 5.91 Å². The fourth-order valence-corrected chi connectivity index (χ4v) is 7.59. The Hall–Kier alpha value is -4.32. The summed E-state index contributed by atoms with van der Waals surface area (Å²) < 4.78 is 23.6. The topological polar surface area (TPSA) is 147 Å². The van der Waals surface area contributed by atoms with E-state index in [1.165, 1.54) is 26.0 Å². The van der Waals surface area contributed by atoms with E-state index in [2.05, 4.69) is 5.32 Å². The van der Waals surface area contributed by atoms with Gasteiger partial charge in [0, 0.05) is 24.6 Å². The summed E-state index contributed by atoms with van der Waals surface area (Å²) in [5, 5.41) is 39.2. The third kappa shape index (κ3) is 4.90. The molecule has 4 N–H and O–H groups in total. The van der Waals surface area contributed by atoms with Gasteiger partial charge in [0.15, 0.2) is 5.60 Å². The van der Waals surface area contributed by atoms with E-state index in [4.69, 9.17) is 18.9 Å². The summed E-state index contributed by atoms with van der Waals surface area (Å²) in [4.78, 5) is 29.8. The molecule has 2 heterocycles. The maximum absolute atomic E-state index is 15.1. The van der Waals surface area contributed by atoms with Crippen molar-refractivity contribution in [3.63, 3.8) is 0 Å². The molecule has 47 heavy (non-hydrogen) atoms. The van der Waals surface area contributed by atoms with Crippen LogP contribution >= 0.6 is 0 Å². The number of hydrogen-bond acceptors (Lipinski definition) is 9. The van der Waals surface area contributed by atoms with E-state index in [1.807, 2.05) is 30.3 Å². The minimum atomic E-state index is -2.23. The first-order valence-corrected chi connectivity index (χ1v) is 15.9. The molecule has 2 aliphatic heterocycles. The number of carbonyl (C=O) groups is 2. The normalized spacial score (nSPS) is 28.9. The first kappa shape index (κ1) is 32.6. The van der Waals surface area contributed by atoms with Gasteiger partial charge in [-0.15, -0.1) is 0 Å². The zero-order valence-corrected chi connectivity index (χ0v) is 27.2. The van der Waals surface area contributed by atoms with Gasteiger partial charge >= 0.3 is 0 Å². The molecule has 1 saturated heterocycles. The highest BCUT2D eigenvalue weighted by atomic mass is 16.5. The maximum atomic E-state index is 15.1. The molecule has 250 valence electrons. The zero-order valence-electron chi connectivity index (χ0n) is 27.2. The van der Waals surface area contributed by atoms with Crippen molar-refractivity contribution in [3.8, 4) is 23.0 Å². The second kappa shape index (κ2) is 12.0. The smallest absolute Gasteiger partial charge is 0.253 e. The van der Waals surface area contributed by atoms with Gasteiger partial charge in [-0.1, -0.05) is 49.4 Å². The number of hydrogen-bond donors (Lipinski definition) is 4. The summed E-state index contributed by atoms with van der Waals surface area (Å²) in [5.74, 6) is -1.95. The van der Waals surface area contributed by atoms with Crippen molar-refractivity contribution in [1.82, 2.24) is 10.2 Å². The van der Waals surface area contributed by atoms with Gasteiger partial charge in [0.05, 0.1) is 32.8 Å². The van der Waals surface area contributed by atoms with Gasteiger partial charge in [-0.3, -0.25) is 9.59 Å². The highest BCUT2D eigenvalue weighted by Gasteiger charge is 2.76. The molecule has 6 rings (SSSR count). The van der Waals surface area contributed by atoms with Crippen LogP contribution in [-0.2, 0) is 20.8 Å². The molecule has 3 aliphatic rings. The van der Waals surface area contributed by atoms with Crippen LogP contribution in [0.1, 0.15) is 55.7 Å². The van der Waals surface area contributed by atoms with Gasteiger partial charge in [-0.25, -0.2) is 0 Å². The molecule has 7 unspecified atom stereocenters. The summed E-state index contributed by atoms with van der Waals surface area (Å²) in [6, 6.07) is 19.4. The molecule has 0 spiro atoms. The number of benzene rings is 3. The standard InChI is InChI=1S/C36H42N2O9/c1-6-34(2,42)33(41)37-27-13-10-18-38(27)31(39)30-28(21-11-8-7-9-12-21)36(22-14-16-23(44-3)17-15-22)32(40)35(30,43)29-25(46-5)19-24(45-4)20-26(29)47-36/h7-9,11-12,14-17,19-20,27-28,30,32,40,42-43H,6,10,13,18H2,1-5H3,(H,37,41). The lowest BCUT2D eigenvalue weighted by Gasteiger charge is -2.45. The Bertz CT molecular complexity index is 1650. The molecule has 3 aromatic rings. The van der Waals surface area contributed by atoms with E-state index >= 15 is 4.79 Å². The summed E-state index contributed by atoms with van der Waals surface area (Å²) in [5.41, 5.74) is -4.22. The molecular weight excluding hydrogens is 604 g/mol. The van der Waals surface area contributed by atoms with Gasteiger partial charge in [-0.2, -0.15) is 0 Å². The second-order valence-electron chi connectivity index (χ2n) is 12.7. The van der Waals surface area contributed by atoms with E-state index < -0.39 is 52.7 Å². The number of ether oxygens (including phenoxy) is 4. The number of methoxy groups -OCH3 is 3. The van der Waals surface area contributed by atoms with Crippen LogP contribution in [0.15, 0.2) is 66.7 Å². The van der Waals surface area contributed by atoms with Crippen LogP contribution in [-0.4, -0.2) is 77.8 Å². The van der Waals surface area contributed by atoms with Crippen LogP contribution in [0.2, 0.25) is 0 Å². The first-order valence-electron chi connectivity index (χ1n) is 15.9. The minimum absolute atomic E-state index is 0.128. The molecular formula is C36H42N2O9. The molecule has 0 aromatic heterocycles. The predicted octanol–water partition coefficient (Wildman–Crippen LogP) is 3.19. The Morgan fingerprint density at radius 3 is 2.32 bits per heavy atom. The number of rotatable bonds is 9. The lowest BCUT2D eigenvalue weighted by Crippen LogP contribution is -2.57. The highest BCUT2D eigenvalue weighted by molar-refractivity contribution is 5.87. The van der Waals surface area contributed by atoms with Crippen LogP contribution in [0.3, 0.4) is 0 Å². The van der Waals surface area contributed by atoms with Crippen molar-refractivity contribution in [1.29, 1.82) is 0 Å². The molecule has 1 aliphatic carbocycles. The Morgan fingerprint density at radius 1 is 1.02 bits per heavy atom. The number of aliphatic hydroxyl groups excluding tert-OH is 1. The van der Waals surface area contributed by atoms with Crippen molar-refractivity contribution in [2.45, 2.75) is 68.1 Å². The lowest BCUT2D eigenvalue weighted by atomic mass is 9.75. The molecule has 2 fully saturated rings. The lowest BCUT2D eigenvalue weighted by molar-refractivity contribution is -0.168. The van der Waals surface area contributed by atoms with E-state index in [9.17, 15) is 20.1 Å². The Kier molecular flexibility index (Phi) is 8.36. The number of nitrogens with one attached hydrogen (secondary N) is 1. The molecule has 2 amide bonds. The van der Waals surface area contributed by atoms with Gasteiger partial charge in [0.2, 0.25) is 5.91 Å². The number of likely N-dealkylation sites (tertiary alicyclic amines) is 1.